The summed E-state index contributed by atoms with van der Waals surface area (Å²) in [6.45, 7) is 3.76. The number of benzene rings is 2. The number of carbonyl (C=O) groups is 2. The Labute approximate surface area is 218 Å². The number of aromatic nitrogens is 2. The topological polar surface area (TPSA) is 120 Å². The first-order valence-corrected chi connectivity index (χ1v) is 12.1. The van der Waals surface area contributed by atoms with Crippen molar-refractivity contribution >= 4 is 35.1 Å². The van der Waals surface area contributed by atoms with E-state index in [0.717, 1.165) is 18.6 Å². The molecule has 4 N–H and O–H groups in total. The Morgan fingerprint density at radius 2 is 1.79 bits per heavy atom. The number of hydrogen-bond donors (Lipinski definition) is 3. The van der Waals surface area contributed by atoms with Crippen LogP contribution in [-0.4, -0.2) is 34.6 Å². The van der Waals surface area contributed by atoms with Gasteiger partial charge in [0.05, 0.1) is 18.7 Å². The van der Waals surface area contributed by atoms with E-state index in [4.69, 9.17) is 15.2 Å². The number of nitrogens with zero attached hydrogens (tertiary/aromatic N) is 2. The predicted octanol–water partition coefficient (Wildman–Crippen LogP) is 6.21. The fourth-order valence-corrected chi connectivity index (χ4v) is 3.65. The number of esters is 1. The van der Waals surface area contributed by atoms with Crippen molar-refractivity contribution in [2.24, 2.45) is 0 Å². The summed E-state index contributed by atoms with van der Waals surface area (Å²) >= 11 is 0. The monoisotopic (exact) mass is 533 g/mol. The highest BCUT2D eigenvalue weighted by Crippen LogP contribution is 2.31. The number of nitrogen functional groups attached to an aromatic ring is 1. The van der Waals surface area contributed by atoms with Gasteiger partial charge in [-0.25, -0.2) is 14.3 Å². The number of ether oxygens (including phenoxy) is 2. The second kappa shape index (κ2) is 12.8. The van der Waals surface area contributed by atoms with Crippen LogP contribution >= 0.6 is 0 Å². The third kappa shape index (κ3) is 7.64. The van der Waals surface area contributed by atoms with Crippen molar-refractivity contribution in [1.29, 1.82) is 0 Å². The van der Waals surface area contributed by atoms with Gasteiger partial charge < -0.3 is 20.5 Å². The molecule has 0 radical (unpaired) electrons. The average Bonchev–Trinajstić information content (AvgIpc) is 3.17. The quantitative estimate of drug-likeness (QED) is 0.251. The third-order valence-corrected chi connectivity index (χ3v) is 5.47. The molecule has 1 unspecified atom stereocenters. The molecular formula is C26H30F3N5O4. The van der Waals surface area contributed by atoms with Crippen LogP contribution in [0.3, 0.4) is 0 Å². The number of para-hydroxylation sites is 1. The van der Waals surface area contributed by atoms with Crippen molar-refractivity contribution < 1.29 is 32.2 Å². The number of anilines is 4. The third-order valence-electron chi connectivity index (χ3n) is 5.47. The van der Waals surface area contributed by atoms with E-state index < -0.39 is 29.9 Å². The number of unbranched alkanes of at least 4 members (excludes halogenated alkanes) is 1. The van der Waals surface area contributed by atoms with Crippen LogP contribution in [0.5, 0.6) is 0 Å². The van der Waals surface area contributed by atoms with Crippen LogP contribution in [0.25, 0.3) is 0 Å². The minimum absolute atomic E-state index is 0.00468. The largest absolute Gasteiger partial charge is 0.462 e. The summed E-state index contributed by atoms with van der Waals surface area (Å²) in [5.41, 5.74) is 6.03. The molecule has 0 saturated heterocycles. The molecule has 204 valence electrons. The zero-order chi connectivity index (χ0) is 27.7. The van der Waals surface area contributed by atoms with Crippen molar-refractivity contribution in [3.63, 3.8) is 0 Å². The van der Waals surface area contributed by atoms with Crippen LogP contribution in [0.4, 0.5) is 41.0 Å². The van der Waals surface area contributed by atoms with E-state index in [1.165, 1.54) is 16.8 Å². The maximum absolute atomic E-state index is 13.0. The van der Waals surface area contributed by atoms with Gasteiger partial charge in [-0.2, -0.15) is 18.3 Å². The number of nitrogens with two attached hydrogens (primary N) is 1. The Morgan fingerprint density at radius 1 is 1.08 bits per heavy atom. The van der Waals surface area contributed by atoms with Gasteiger partial charge >= 0.3 is 18.2 Å². The molecule has 1 aromatic heterocycles. The van der Waals surface area contributed by atoms with Gasteiger partial charge in [-0.3, -0.25) is 5.32 Å². The minimum Gasteiger partial charge on any atom is -0.462 e. The number of hydrogen-bond acceptors (Lipinski definition) is 7. The molecule has 1 atom stereocenters. The maximum atomic E-state index is 13.0. The van der Waals surface area contributed by atoms with Gasteiger partial charge in [0, 0.05) is 11.4 Å². The molecule has 0 saturated carbocycles. The summed E-state index contributed by atoms with van der Waals surface area (Å²) in [4.78, 5) is 25.2. The molecule has 9 nitrogen and oxygen atoms in total. The van der Waals surface area contributed by atoms with Crippen molar-refractivity contribution in [2.45, 2.75) is 51.9 Å². The van der Waals surface area contributed by atoms with Gasteiger partial charge in [-0.15, -0.1) is 0 Å². The SMILES string of the molecule is CCCCC(Cn1nc(Nc2ccccc2)c(C(=O)OCC)c1N)OC(=O)Nc1cccc(C(F)(F)F)c1. The first-order chi connectivity index (χ1) is 18.1. The molecule has 1 heterocycles. The molecule has 38 heavy (non-hydrogen) atoms. The zero-order valence-electron chi connectivity index (χ0n) is 21.0. The van der Waals surface area contributed by atoms with E-state index in [1.807, 2.05) is 25.1 Å². The normalized spacial score (nSPS) is 12.0. The van der Waals surface area contributed by atoms with Gasteiger partial charge in [0.2, 0.25) is 0 Å². The molecule has 0 fully saturated rings. The molecule has 3 aromatic rings. The lowest BCUT2D eigenvalue weighted by molar-refractivity contribution is -0.137. The number of amides is 1. The second-order valence-corrected chi connectivity index (χ2v) is 8.38. The van der Waals surface area contributed by atoms with Crippen LogP contribution in [-0.2, 0) is 22.2 Å². The standard InChI is InChI=1S/C26H30F3N5O4/c1-3-5-14-20(38-25(36)32-19-13-9-10-17(15-19)26(27,28)29)16-34-22(30)21(24(35)37-4-2)23(33-34)31-18-11-7-6-8-12-18/h6-13,15,20H,3-5,14,16,30H2,1-2H3,(H,31,33)(H,32,36). The number of rotatable bonds is 11. The summed E-state index contributed by atoms with van der Waals surface area (Å²) in [5.74, 6) is -0.469. The van der Waals surface area contributed by atoms with Crippen molar-refractivity contribution in [3.05, 3.63) is 65.7 Å². The molecule has 0 bridgehead atoms. The zero-order valence-corrected chi connectivity index (χ0v) is 21.0. The van der Waals surface area contributed by atoms with E-state index in [0.29, 0.717) is 18.5 Å². The van der Waals surface area contributed by atoms with E-state index >= 15 is 0 Å². The van der Waals surface area contributed by atoms with Crippen LogP contribution in [0.15, 0.2) is 54.6 Å². The Bertz CT molecular complexity index is 1230. The summed E-state index contributed by atoms with van der Waals surface area (Å²) in [5, 5.41) is 9.82. The molecule has 3 rings (SSSR count). The van der Waals surface area contributed by atoms with Gasteiger partial charge in [-0.05, 0) is 50.1 Å². The van der Waals surface area contributed by atoms with Gasteiger partial charge in [0.1, 0.15) is 17.5 Å². The van der Waals surface area contributed by atoms with E-state index in [-0.39, 0.29) is 36.0 Å². The number of alkyl halides is 3. The van der Waals surface area contributed by atoms with Crippen molar-refractivity contribution in [3.8, 4) is 0 Å². The first kappa shape index (κ1) is 28.4. The van der Waals surface area contributed by atoms with Gasteiger partial charge in [0.15, 0.2) is 5.82 Å². The highest BCUT2D eigenvalue weighted by atomic mass is 19.4. The van der Waals surface area contributed by atoms with Crippen molar-refractivity contribution in [1.82, 2.24) is 9.78 Å². The highest BCUT2D eigenvalue weighted by molar-refractivity contribution is 6.00. The summed E-state index contributed by atoms with van der Waals surface area (Å²) < 4.78 is 51.0. The smallest absolute Gasteiger partial charge is 0.416 e. The van der Waals surface area contributed by atoms with E-state index in [1.54, 1.807) is 19.1 Å². The Balaban J connectivity index is 1.81. The molecule has 2 aromatic carbocycles. The minimum atomic E-state index is -4.55. The molecule has 1 amide bonds. The molecule has 12 heteroatoms. The summed E-state index contributed by atoms with van der Waals surface area (Å²) in [6.07, 6.45) is -4.28. The fourth-order valence-electron chi connectivity index (χ4n) is 3.65. The molecular weight excluding hydrogens is 503 g/mol. The molecule has 0 aliphatic carbocycles. The van der Waals surface area contributed by atoms with Crippen LogP contribution < -0.4 is 16.4 Å². The maximum Gasteiger partial charge on any atom is 0.416 e. The van der Waals surface area contributed by atoms with Crippen LogP contribution in [0, 0.1) is 0 Å². The lowest BCUT2D eigenvalue weighted by atomic mass is 10.1. The molecule has 0 aliphatic rings. The van der Waals surface area contributed by atoms with Crippen molar-refractivity contribution in [2.75, 3.05) is 23.0 Å². The predicted molar refractivity (Wildman–Crippen MR) is 137 cm³/mol. The fraction of sp³-hybridized carbons (Fsp3) is 0.346. The number of nitrogens with one attached hydrogen (secondary N) is 2. The van der Waals surface area contributed by atoms with Gasteiger partial charge in [0.25, 0.3) is 0 Å². The lowest BCUT2D eigenvalue weighted by Gasteiger charge is -2.19. The summed E-state index contributed by atoms with van der Waals surface area (Å²) in [6, 6.07) is 13.3. The highest BCUT2D eigenvalue weighted by Gasteiger charge is 2.31. The second-order valence-electron chi connectivity index (χ2n) is 8.38. The first-order valence-electron chi connectivity index (χ1n) is 12.1. The number of halogens is 3. The Kier molecular flexibility index (Phi) is 9.58. The Hall–Kier alpha value is -4.22. The van der Waals surface area contributed by atoms with Crippen LogP contribution in [0.1, 0.15) is 49.0 Å². The molecule has 0 spiro atoms. The van der Waals surface area contributed by atoms with E-state index in [2.05, 4.69) is 15.7 Å². The lowest BCUT2D eigenvalue weighted by Crippen LogP contribution is -2.27. The Morgan fingerprint density at radius 3 is 2.45 bits per heavy atom. The number of carbonyl (C=O) groups excluding carboxylic acids is 2. The van der Waals surface area contributed by atoms with Gasteiger partial charge in [-0.1, -0.05) is 37.6 Å². The summed E-state index contributed by atoms with van der Waals surface area (Å²) in [7, 11) is 0. The average molecular weight is 534 g/mol. The van der Waals surface area contributed by atoms with Crippen LogP contribution in [0.2, 0.25) is 0 Å². The van der Waals surface area contributed by atoms with E-state index in [9.17, 15) is 22.8 Å². The molecule has 0 aliphatic heterocycles.